The molecule has 3 aromatic rings. The van der Waals surface area contributed by atoms with E-state index in [2.05, 4.69) is 10.6 Å². The summed E-state index contributed by atoms with van der Waals surface area (Å²) in [6.45, 7) is 1.90. The Morgan fingerprint density at radius 3 is 2.10 bits per heavy atom. The van der Waals surface area contributed by atoms with Crippen LogP contribution in [0.4, 0.5) is 11.4 Å². The molecule has 0 aliphatic carbocycles. The van der Waals surface area contributed by atoms with Crippen LogP contribution in [0, 0.1) is 6.92 Å². The first-order chi connectivity index (χ1) is 15.0. The largest absolute Gasteiger partial charge is 0.497 e. The number of hydrogen-bond acceptors (Lipinski definition) is 5. The van der Waals surface area contributed by atoms with Crippen LogP contribution in [-0.2, 0) is 4.79 Å². The summed E-state index contributed by atoms with van der Waals surface area (Å²) in [5, 5.41) is 5.74. The van der Waals surface area contributed by atoms with Gasteiger partial charge in [0.1, 0.15) is 11.5 Å². The number of carbonyl (C=O) groups is 2. The van der Waals surface area contributed by atoms with E-state index in [1.54, 1.807) is 38.5 Å². The van der Waals surface area contributed by atoms with Crippen molar-refractivity contribution in [1.82, 2.24) is 0 Å². The Labute approximate surface area is 186 Å². The van der Waals surface area contributed by atoms with Crippen LogP contribution in [0.1, 0.15) is 15.9 Å². The first kappa shape index (κ1) is 22.2. The van der Waals surface area contributed by atoms with E-state index in [1.807, 2.05) is 49.4 Å². The Balaban J connectivity index is 1.54. The Bertz CT molecular complexity index is 1050. The zero-order chi connectivity index (χ0) is 22.2. The second kappa shape index (κ2) is 10.5. The van der Waals surface area contributed by atoms with Gasteiger partial charge in [-0.2, -0.15) is 0 Å². The summed E-state index contributed by atoms with van der Waals surface area (Å²) in [7, 11) is 3.12. The van der Waals surface area contributed by atoms with Gasteiger partial charge in [-0.25, -0.2) is 0 Å². The van der Waals surface area contributed by atoms with Crippen molar-refractivity contribution in [2.75, 3.05) is 30.6 Å². The fourth-order valence-corrected chi connectivity index (χ4v) is 3.58. The Kier molecular flexibility index (Phi) is 7.56. The minimum atomic E-state index is -0.147. The van der Waals surface area contributed by atoms with Crippen molar-refractivity contribution in [2.45, 2.75) is 11.8 Å². The molecule has 6 nitrogen and oxygen atoms in total. The third-order valence-corrected chi connectivity index (χ3v) is 5.52. The van der Waals surface area contributed by atoms with Gasteiger partial charge in [0, 0.05) is 40.0 Å². The molecule has 0 aromatic heterocycles. The van der Waals surface area contributed by atoms with Crippen LogP contribution in [0.15, 0.2) is 71.6 Å². The lowest BCUT2D eigenvalue weighted by Crippen LogP contribution is -2.14. The smallest absolute Gasteiger partial charge is 0.255 e. The van der Waals surface area contributed by atoms with Crippen molar-refractivity contribution in [3.63, 3.8) is 0 Å². The van der Waals surface area contributed by atoms with E-state index in [-0.39, 0.29) is 17.6 Å². The van der Waals surface area contributed by atoms with Crippen LogP contribution in [0.5, 0.6) is 11.5 Å². The summed E-state index contributed by atoms with van der Waals surface area (Å²) in [5.41, 5.74) is 2.88. The molecule has 0 saturated heterocycles. The third kappa shape index (κ3) is 6.26. The molecule has 160 valence electrons. The number of aryl methyl sites for hydroxylation is 1. The molecule has 0 saturated carbocycles. The molecule has 0 unspecified atom stereocenters. The molecule has 7 heteroatoms. The predicted octanol–water partition coefficient (Wildman–Crippen LogP) is 5.00. The zero-order valence-electron chi connectivity index (χ0n) is 17.6. The Hall–Kier alpha value is -3.45. The maximum absolute atomic E-state index is 12.4. The van der Waals surface area contributed by atoms with Crippen molar-refractivity contribution < 1.29 is 19.1 Å². The average Bonchev–Trinajstić information content (AvgIpc) is 2.78. The monoisotopic (exact) mass is 436 g/mol. The molecule has 31 heavy (non-hydrogen) atoms. The van der Waals surface area contributed by atoms with Crippen molar-refractivity contribution in [1.29, 1.82) is 0 Å². The van der Waals surface area contributed by atoms with Crippen LogP contribution in [-0.4, -0.2) is 31.8 Å². The summed E-state index contributed by atoms with van der Waals surface area (Å²) in [5.74, 6) is 1.16. The highest BCUT2D eigenvalue weighted by Gasteiger charge is 2.10. The molecule has 0 fully saturated rings. The molecule has 0 spiro atoms. The van der Waals surface area contributed by atoms with Crippen LogP contribution in [0.25, 0.3) is 0 Å². The summed E-state index contributed by atoms with van der Waals surface area (Å²) in [6.07, 6.45) is 0. The van der Waals surface area contributed by atoms with Crippen molar-refractivity contribution in [3.05, 3.63) is 77.9 Å². The molecule has 3 rings (SSSR count). The number of anilines is 2. The van der Waals surface area contributed by atoms with E-state index >= 15 is 0 Å². The van der Waals surface area contributed by atoms with Crippen molar-refractivity contribution in [2.24, 2.45) is 0 Å². The molecule has 0 aliphatic rings. The summed E-state index contributed by atoms with van der Waals surface area (Å²) < 4.78 is 10.4. The van der Waals surface area contributed by atoms with Gasteiger partial charge in [0.15, 0.2) is 0 Å². The van der Waals surface area contributed by atoms with Gasteiger partial charge in [0.2, 0.25) is 5.91 Å². The standard InChI is InChI=1S/C24H24N2O4S/c1-16-6-4-5-7-22(16)24(28)26-17-8-10-21(11-9-17)31-15-23(27)25-18-12-19(29-2)14-20(13-18)30-3/h4-14H,15H2,1-3H3,(H,25,27)(H,26,28). The SMILES string of the molecule is COc1cc(NC(=O)CSc2ccc(NC(=O)c3ccccc3C)cc2)cc(OC)c1. The highest BCUT2D eigenvalue weighted by atomic mass is 32.2. The molecule has 0 radical (unpaired) electrons. The number of nitrogens with one attached hydrogen (secondary N) is 2. The van der Waals surface area contributed by atoms with Crippen LogP contribution < -0.4 is 20.1 Å². The van der Waals surface area contributed by atoms with Gasteiger partial charge < -0.3 is 20.1 Å². The van der Waals surface area contributed by atoms with E-state index < -0.39 is 0 Å². The second-order valence-corrected chi connectivity index (χ2v) is 7.78. The van der Waals surface area contributed by atoms with Gasteiger partial charge in [0.05, 0.1) is 20.0 Å². The minimum Gasteiger partial charge on any atom is -0.497 e. The van der Waals surface area contributed by atoms with E-state index in [1.165, 1.54) is 11.8 Å². The maximum atomic E-state index is 12.4. The Morgan fingerprint density at radius 1 is 0.839 bits per heavy atom. The van der Waals surface area contributed by atoms with Crippen LogP contribution in [0.2, 0.25) is 0 Å². The van der Waals surface area contributed by atoms with Crippen molar-refractivity contribution in [3.8, 4) is 11.5 Å². The lowest BCUT2D eigenvalue weighted by atomic mass is 10.1. The molecule has 0 aliphatic heterocycles. The number of carbonyl (C=O) groups excluding carboxylic acids is 2. The fourth-order valence-electron chi connectivity index (χ4n) is 2.89. The first-order valence-electron chi connectivity index (χ1n) is 9.61. The number of hydrogen-bond donors (Lipinski definition) is 2. The molecule has 0 atom stereocenters. The van der Waals surface area contributed by atoms with Gasteiger partial charge in [0.25, 0.3) is 5.91 Å². The molecule has 0 bridgehead atoms. The zero-order valence-corrected chi connectivity index (χ0v) is 18.4. The lowest BCUT2D eigenvalue weighted by molar-refractivity contribution is -0.113. The fraction of sp³-hybridized carbons (Fsp3) is 0.167. The normalized spacial score (nSPS) is 10.3. The third-order valence-electron chi connectivity index (χ3n) is 4.51. The van der Waals surface area contributed by atoms with Crippen LogP contribution in [0.3, 0.4) is 0 Å². The quantitative estimate of drug-likeness (QED) is 0.486. The molecule has 3 aromatic carbocycles. The number of thioether (sulfide) groups is 1. The van der Waals surface area contributed by atoms with Crippen LogP contribution >= 0.6 is 11.8 Å². The van der Waals surface area contributed by atoms with E-state index in [4.69, 9.17) is 9.47 Å². The van der Waals surface area contributed by atoms with Gasteiger partial charge in [-0.05, 0) is 42.8 Å². The molecular weight excluding hydrogens is 412 g/mol. The minimum absolute atomic E-state index is 0.141. The maximum Gasteiger partial charge on any atom is 0.255 e. The topological polar surface area (TPSA) is 76.7 Å². The van der Waals surface area contributed by atoms with Gasteiger partial charge >= 0.3 is 0 Å². The summed E-state index contributed by atoms with van der Waals surface area (Å²) >= 11 is 1.41. The van der Waals surface area contributed by atoms with Crippen molar-refractivity contribution >= 4 is 35.0 Å². The highest BCUT2D eigenvalue weighted by molar-refractivity contribution is 8.00. The number of amides is 2. The number of methoxy groups -OCH3 is 2. The van der Waals surface area contributed by atoms with E-state index in [9.17, 15) is 9.59 Å². The first-order valence-corrected chi connectivity index (χ1v) is 10.6. The lowest BCUT2D eigenvalue weighted by Gasteiger charge is -2.10. The van der Waals surface area contributed by atoms with Gasteiger partial charge in [-0.3, -0.25) is 9.59 Å². The highest BCUT2D eigenvalue weighted by Crippen LogP contribution is 2.26. The number of benzene rings is 3. The van der Waals surface area contributed by atoms with Gasteiger partial charge in [-0.1, -0.05) is 18.2 Å². The molecule has 0 heterocycles. The van der Waals surface area contributed by atoms with Gasteiger partial charge in [-0.15, -0.1) is 11.8 Å². The molecular formula is C24H24N2O4S. The number of rotatable bonds is 8. The summed E-state index contributed by atoms with van der Waals surface area (Å²) in [6, 6.07) is 20.0. The average molecular weight is 437 g/mol. The number of ether oxygens (including phenoxy) is 2. The second-order valence-electron chi connectivity index (χ2n) is 6.73. The Morgan fingerprint density at radius 2 is 1.48 bits per heavy atom. The predicted molar refractivity (Wildman–Crippen MR) is 124 cm³/mol. The molecule has 2 amide bonds. The molecule has 2 N–H and O–H groups in total. The van der Waals surface area contributed by atoms with E-state index in [0.717, 1.165) is 10.5 Å². The summed E-state index contributed by atoms with van der Waals surface area (Å²) in [4.78, 5) is 25.7. The van der Waals surface area contributed by atoms with E-state index in [0.29, 0.717) is 28.4 Å².